The highest BCUT2D eigenvalue weighted by atomic mass is 32.2. The average molecular weight is 317 g/mol. The van der Waals surface area contributed by atoms with E-state index in [4.69, 9.17) is 4.42 Å². The predicted octanol–water partition coefficient (Wildman–Crippen LogP) is 4.11. The lowest BCUT2D eigenvalue weighted by Gasteiger charge is -2.08. The number of aromatic nitrogens is 2. The summed E-state index contributed by atoms with van der Waals surface area (Å²) < 4.78 is 5.39. The lowest BCUT2D eigenvalue weighted by molar-refractivity contribution is 0.518. The van der Waals surface area contributed by atoms with Gasteiger partial charge in [0.25, 0.3) is 0 Å². The first-order valence-corrected chi connectivity index (χ1v) is 9.02. The molecule has 0 fully saturated rings. The Labute approximate surface area is 131 Å². The van der Waals surface area contributed by atoms with E-state index in [9.17, 15) is 0 Å². The molecule has 1 aliphatic rings. The third-order valence-corrected chi connectivity index (χ3v) is 5.47. The molecule has 3 aromatic rings. The smallest absolute Gasteiger partial charge is 0.190 e. The first-order valence-electron chi connectivity index (χ1n) is 6.97. The summed E-state index contributed by atoms with van der Waals surface area (Å²) in [4.78, 5) is 11.9. The van der Waals surface area contributed by atoms with Gasteiger partial charge in [-0.05, 0) is 43.2 Å². The van der Waals surface area contributed by atoms with E-state index in [1.165, 1.54) is 28.7 Å². The predicted molar refractivity (Wildman–Crippen MR) is 87.3 cm³/mol. The van der Waals surface area contributed by atoms with Crippen LogP contribution in [0.3, 0.4) is 0 Å². The minimum Gasteiger partial charge on any atom is -0.467 e. The van der Waals surface area contributed by atoms with Crippen LogP contribution in [-0.2, 0) is 19.4 Å². The molecule has 0 amide bonds. The summed E-state index contributed by atoms with van der Waals surface area (Å²) in [5, 5.41) is 5.47. The van der Waals surface area contributed by atoms with E-state index in [1.54, 1.807) is 18.0 Å². The second-order valence-corrected chi connectivity index (χ2v) is 6.89. The molecule has 0 saturated carbocycles. The molecule has 1 N–H and O–H groups in total. The van der Waals surface area contributed by atoms with Gasteiger partial charge >= 0.3 is 0 Å². The number of hydrogen-bond acceptors (Lipinski definition) is 6. The number of thioether (sulfide) groups is 1. The molecule has 4 rings (SSSR count). The van der Waals surface area contributed by atoms with Crippen LogP contribution in [0.15, 0.2) is 28.0 Å². The molecule has 0 aliphatic heterocycles. The van der Waals surface area contributed by atoms with Crippen LogP contribution in [0.25, 0.3) is 10.2 Å². The van der Waals surface area contributed by atoms with Gasteiger partial charge in [0.2, 0.25) is 0 Å². The van der Waals surface area contributed by atoms with Crippen molar-refractivity contribution in [3.8, 4) is 0 Å². The molecular weight excluding hydrogens is 302 g/mol. The zero-order valence-corrected chi connectivity index (χ0v) is 13.3. The number of nitrogens with one attached hydrogen (secondary N) is 1. The Balaban J connectivity index is 1.77. The lowest BCUT2D eigenvalue weighted by atomic mass is 10.2. The molecule has 0 atom stereocenters. The minimum atomic E-state index is 0.650. The number of fused-ring (bicyclic) bond motifs is 3. The van der Waals surface area contributed by atoms with E-state index in [0.29, 0.717) is 6.54 Å². The highest BCUT2D eigenvalue weighted by molar-refractivity contribution is 7.98. The molecule has 0 spiro atoms. The van der Waals surface area contributed by atoms with Crippen molar-refractivity contribution in [2.24, 2.45) is 0 Å². The topological polar surface area (TPSA) is 51.0 Å². The Morgan fingerprint density at radius 2 is 2.33 bits per heavy atom. The second kappa shape index (κ2) is 5.35. The summed E-state index contributed by atoms with van der Waals surface area (Å²) in [6.45, 7) is 0.650. The molecule has 0 aromatic carbocycles. The summed E-state index contributed by atoms with van der Waals surface area (Å²) in [5.41, 5.74) is 1.45. The Morgan fingerprint density at radius 1 is 1.38 bits per heavy atom. The maximum Gasteiger partial charge on any atom is 0.190 e. The number of furan rings is 1. The summed E-state index contributed by atoms with van der Waals surface area (Å²) in [6, 6.07) is 3.88. The Hall–Kier alpha value is -1.53. The van der Waals surface area contributed by atoms with Crippen molar-refractivity contribution in [3.63, 3.8) is 0 Å². The molecule has 0 radical (unpaired) electrons. The van der Waals surface area contributed by atoms with Gasteiger partial charge < -0.3 is 9.73 Å². The van der Waals surface area contributed by atoms with Gasteiger partial charge in [-0.3, -0.25) is 0 Å². The van der Waals surface area contributed by atoms with Crippen molar-refractivity contribution in [2.45, 2.75) is 31.0 Å². The van der Waals surface area contributed by atoms with Crippen molar-refractivity contribution in [1.82, 2.24) is 9.97 Å². The van der Waals surface area contributed by atoms with Gasteiger partial charge in [0, 0.05) is 4.88 Å². The lowest BCUT2D eigenvalue weighted by Crippen LogP contribution is -2.03. The summed E-state index contributed by atoms with van der Waals surface area (Å²) in [5.74, 6) is 1.86. The van der Waals surface area contributed by atoms with E-state index in [1.807, 2.05) is 29.7 Å². The van der Waals surface area contributed by atoms with Crippen LogP contribution >= 0.6 is 23.1 Å². The molecule has 0 bridgehead atoms. The summed E-state index contributed by atoms with van der Waals surface area (Å²) in [7, 11) is 0. The number of hydrogen-bond donors (Lipinski definition) is 1. The molecule has 21 heavy (non-hydrogen) atoms. The van der Waals surface area contributed by atoms with Crippen molar-refractivity contribution in [3.05, 3.63) is 34.6 Å². The Kier molecular flexibility index (Phi) is 3.35. The van der Waals surface area contributed by atoms with Crippen LogP contribution in [0.1, 0.15) is 22.6 Å². The van der Waals surface area contributed by atoms with Crippen LogP contribution in [0.5, 0.6) is 0 Å². The largest absolute Gasteiger partial charge is 0.467 e. The van der Waals surface area contributed by atoms with E-state index in [-0.39, 0.29) is 0 Å². The van der Waals surface area contributed by atoms with Crippen LogP contribution in [-0.4, -0.2) is 16.2 Å². The molecule has 0 saturated heterocycles. The molecule has 6 heteroatoms. The third kappa shape index (κ3) is 2.32. The quantitative estimate of drug-likeness (QED) is 0.580. The molecule has 3 heterocycles. The number of nitrogens with zero attached hydrogens (tertiary/aromatic N) is 2. The monoisotopic (exact) mass is 317 g/mol. The van der Waals surface area contributed by atoms with Crippen LogP contribution in [0.4, 0.5) is 5.82 Å². The maximum atomic E-state index is 5.39. The van der Waals surface area contributed by atoms with E-state index in [0.717, 1.165) is 28.0 Å². The van der Waals surface area contributed by atoms with Gasteiger partial charge in [-0.2, -0.15) is 0 Å². The van der Waals surface area contributed by atoms with Gasteiger partial charge in [0.15, 0.2) is 5.16 Å². The molecule has 0 unspecified atom stereocenters. The Morgan fingerprint density at radius 3 is 3.14 bits per heavy atom. The summed E-state index contributed by atoms with van der Waals surface area (Å²) >= 11 is 3.41. The standard InChI is InChI=1S/C15H15N3OS2/c1-20-15-17-13(16-8-9-4-3-7-19-9)12-10-5-2-6-11(10)21-14(12)18-15/h3-4,7H,2,5-6,8H2,1H3,(H,16,17,18). The number of aryl methyl sites for hydroxylation is 2. The Bertz CT molecular complexity index is 780. The highest BCUT2D eigenvalue weighted by Gasteiger charge is 2.22. The van der Waals surface area contributed by atoms with Crippen LogP contribution in [0.2, 0.25) is 0 Å². The van der Waals surface area contributed by atoms with Crippen LogP contribution < -0.4 is 5.32 Å². The number of rotatable bonds is 4. The number of anilines is 1. The first-order chi connectivity index (χ1) is 10.3. The highest BCUT2D eigenvalue weighted by Crippen LogP contribution is 2.40. The van der Waals surface area contributed by atoms with E-state index < -0.39 is 0 Å². The van der Waals surface area contributed by atoms with Crippen molar-refractivity contribution < 1.29 is 4.42 Å². The van der Waals surface area contributed by atoms with Gasteiger partial charge in [0.1, 0.15) is 16.4 Å². The molecular formula is C15H15N3OS2. The number of thiophene rings is 1. The minimum absolute atomic E-state index is 0.650. The SMILES string of the molecule is CSc1nc(NCc2ccco2)c2c3c(sc2n1)CCC3. The molecule has 108 valence electrons. The zero-order chi connectivity index (χ0) is 14.2. The fourth-order valence-corrected chi connectivity index (χ4v) is 4.46. The van der Waals surface area contributed by atoms with Crippen molar-refractivity contribution in [2.75, 3.05) is 11.6 Å². The summed E-state index contributed by atoms with van der Waals surface area (Å²) in [6.07, 6.45) is 7.29. The van der Waals surface area contributed by atoms with Gasteiger partial charge in [-0.25, -0.2) is 9.97 Å². The average Bonchev–Trinajstić information content (AvgIpc) is 3.20. The van der Waals surface area contributed by atoms with Crippen molar-refractivity contribution in [1.29, 1.82) is 0 Å². The van der Waals surface area contributed by atoms with Gasteiger partial charge in [-0.1, -0.05) is 11.8 Å². The first kappa shape index (κ1) is 13.2. The molecule has 4 nitrogen and oxygen atoms in total. The van der Waals surface area contributed by atoms with E-state index in [2.05, 4.69) is 15.3 Å². The zero-order valence-electron chi connectivity index (χ0n) is 11.7. The maximum absolute atomic E-state index is 5.39. The molecule has 3 aromatic heterocycles. The second-order valence-electron chi connectivity index (χ2n) is 5.03. The van der Waals surface area contributed by atoms with Crippen molar-refractivity contribution >= 4 is 39.1 Å². The fourth-order valence-electron chi connectivity index (χ4n) is 2.78. The fraction of sp³-hybridized carbons (Fsp3) is 0.333. The van der Waals surface area contributed by atoms with Gasteiger partial charge in [-0.15, -0.1) is 11.3 Å². The normalized spacial score (nSPS) is 13.8. The van der Waals surface area contributed by atoms with Crippen LogP contribution in [0, 0.1) is 0 Å². The molecule has 1 aliphatic carbocycles. The van der Waals surface area contributed by atoms with E-state index >= 15 is 0 Å². The third-order valence-electron chi connectivity index (χ3n) is 3.74. The van der Waals surface area contributed by atoms with Gasteiger partial charge in [0.05, 0.1) is 18.2 Å².